The summed E-state index contributed by atoms with van der Waals surface area (Å²) in [6.07, 6.45) is 40.0. The SMILES string of the molecule is CCCCCCCCC(CCCCCC)C(=O)OCCCCCCCCC(=O)OCC(CN(C)C)OC(=O)CCCCCCCCOC(=O)C(CCCCCC)CCCCCCCC. The molecule has 0 saturated heterocycles. The zero-order valence-corrected chi connectivity index (χ0v) is 43.1. The van der Waals surface area contributed by atoms with Gasteiger partial charge >= 0.3 is 23.9 Å². The quantitative estimate of drug-likeness (QED) is 0.0335. The molecule has 0 aromatic carbocycles. The lowest BCUT2D eigenvalue weighted by Gasteiger charge is -2.21. The molecule has 3 atom stereocenters. The number of nitrogens with zero attached hydrogens (tertiary/aromatic N) is 1. The number of carbonyl (C=O) groups excluding carboxylic acids is 4. The van der Waals surface area contributed by atoms with Crippen LogP contribution in [0.1, 0.15) is 272 Å². The van der Waals surface area contributed by atoms with E-state index in [4.69, 9.17) is 18.9 Å². The number of unbranched alkanes of at least 4 members (excludes halogenated alkanes) is 26. The van der Waals surface area contributed by atoms with E-state index < -0.39 is 6.10 Å². The molecule has 0 bridgehead atoms. The molecule has 9 nitrogen and oxygen atoms in total. The first-order valence-corrected chi connectivity index (χ1v) is 27.5. The van der Waals surface area contributed by atoms with Crippen LogP contribution in [0.4, 0.5) is 0 Å². The molecular weight excluding hydrogens is 803 g/mol. The topological polar surface area (TPSA) is 108 Å². The molecular formula is C55H105NO8. The van der Waals surface area contributed by atoms with Crippen molar-refractivity contribution in [2.45, 2.75) is 278 Å². The van der Waals surface area contributed by atoms with Crippen LogP contribution in [0.25, 0.3) is 0 Å². The summed E-state index contributed by atoms with van der Waals surface area (Å²) in [4.78, 5) is 52.9. The first kappa shape index (κ1) is 61.8. The van der Waals surface area contributed by atoms with Crippen molar-refractivity contribution in [1.29, 1.82) is 0 Å². The average molecular weight is 908 g/mol. The van der Waals surface area contributed by atoms with Crippen LogP contribution in [0.5, 0.6) is 0 Å². The van der Waals surface area contributed by atoms with Gasteiger partial charge in [-0.15, -0.1) is 0 Å². The van der Waals surface area contributed by atoms with E-state index in [1.165, 1.54) is 103 Å². The molecule has 0 radical (unpaired) electrons. The zero-order chi connectivity index (χ0) is 47.1. The molecule has 0 aliphatic heterocycles. The van der Waals surface area contributed by atoms with Crippen LogP contribution in [0, 0.1) is 11.8 Å². The maximum Gasteiger partial charge on any atom is 0.308 e. The Bertz CT molecular complexity index is 1070. The highest BCUT2D eigenvalue weighted by atomic mass is 16.6. The fourth-order valence-corrected chi connectivity index (χ4v) is 8.51. The molecule has 0 saturated carbocycles. The summed E-state index contributed by atoms with van der Waals surface area (Å²) in [6.45, 7) is 10.5. The van der Waals surface area contributed by atoms with Crippen molar-refractivity contribution in [3.8, 4) is 0 Å². The first-order chi connectivity index (χ1) is 31.2. The van der Waals surface area contributed by atoms with Gasteiger partial charge in [0, 0.05) is 19.4 Å². The van der Waals surface area contributed by atoms with Crippen molar-refractivity contribution < 1.29 is 38.1 Å². The Hall–Kier alpha value is -2.16. The lowest BCUT2D eigenvalue weighted by Crippen LogP contribution is -2.34. The van der Waals surface area contributed by atoms with Crippen LogP contribution >= 0.6 is 0 Å². The van der Waals surface area contributed by atoms with Gasteiger partial charge in [0.25, 0.3) is 0 Å². The van der Waals surface area contributed by atoms with Gasteiger partial charge in [0.2, 0.25) is 0 Å². The Morgan fingerprint density at radius 1 is 0.375 bits per heavy atom. The Morgan fingerprint density at radius 2 is 0.688 bits per heavy atom. The maximum atomic E-state index is 12.9. The van der Waals surface area contributed by atoms with Gasteiger partial charge in [0.1, 0.15) is 12.7 Å². The summed E-state index contributed by atoms with van der Waals surface area (Å²) in [5, 5.41) is 0. The van der Waals surface area contributed by atoms with Crippen LogP contribution in [0.15, 0.2) is 0 Å². The van der Waals surface area contributed by atoms with E-state index in [9.17, 15) is 19.2 Å². The summed E-state index contributed by atoms with van der Waals surface area (Å²) in [5.74, 6) is -0.365. The smallest absolute Gasteiger partial charge is 0.308 e. The second kappa shape index (κ2) is 47.3. The zero-order valence-electron chi connectivity index (χ0n) is 43.1. The second-order valence-electron chi connectivity index (χ2n) is 19.3. The lowest BCUT2D eigenvalue weighted by molar-refractivity contribution is -0.160. The molecule has 0 N–H and O–H groups in total. The molecule has 9 heteroatoms. The molecule has 0 aliphatic rings. The average Bonchev–Trinajstić information content (AvgIpc) is 3.27. The number of esters is 4. The molecule has 3 unspecified atom stereocenters. The molecule has 0 amide bonds. The summed E-state index contributed by atoms with van der Waals surface area (Å²) >= 11 is 0. The number of hydrogen-bond acceptors (Lipinski definition) is 9. The highest BCUT2D eigenvalue weighted by Gasteiger charge is 2.21. The van der Waals surface area contributed by atoms with Crippen molar-refractivity contribution in [3.63, 3.8) is 0 Å². The molecule has 0 aromatic heterocycles. The van der Waals surface area contributed by atoms with Crippen LogP contribution in [0.3, 0.4) is 0 Å². The normalized spacial score (nSPS) is 12.9. The van der Waals surface area contributed by atoms with Crippen LogP contribution in [0.2, 0.25) is 0 Å². The van der Waals surface area contributed by atoms with Gasteiger partial charge in [-0.1, -0.05) is 207 Å². The van der Waals surface area contributed by atoms with Crippen LogP contribution < -0.4 is 0 Å². The van der Waals surface area contributed by atoms with Crippen LogP contribution in [-0.4, -0.2) is 75.3 Å². The van der Waals surface area contributed by atoms with Gasteiger partial charge in [0.15, 0.2) is 0 Å². The first-order valence-electron chi connectivity index (χ1n) is 27.5. The third-order valence-electron chi connectivity index (χ3n) is 12.6. The third-order valence-corrected chi connectivity index (χ3v) is 12.6. The molecule has 64 heavy (non-hydrogen) atoms. The molecule has 0 heterocycles. The number of likely N-dealkylation sites (N-methyl/N-ethyl adjacent to an activating group) is 1. The Kier molecular flexibility index (Phi) is 45.7. The molecule has 0 rings (SSSR count). The summed E-state index contributed by atoms with van der Waals surface area (Å²) in [5.41, 5.74) is 0. The van der Waals surface area contributed by atoms with E-state index in [0.29, 0.717) is 32.6 Å². The standard InChI is InChI=1S/C55H105NO8/c1-7-11-15-19-25-33-41-49(39-31-17-13-9-3)54(59)61-45-37-29-23-21-27-35-43-52(57)63-48-51(47-56(5)6)64-53(58)44-36-28-22-24-30-38-46-62-55(60)50(40-32-18-14-10-4)42-34-26-20-16-12-8-2/h49-51H,7-48H2,1-6H3. The van der Waals surface area contributed by atoms with E-state index in [0.717, 1.165) is 128 Å². The second-order valence-corrected chi connectivity index (χ2v) is 19.3. The minimum absolute atomic E-state index is 0.00998. The molecule has 0 spiro atoms. The monoisotopic (exact) mass is 908 g/mol. The van der Waals surface area contributed by atoms with E-state index in [-0.39, 0.29) is 42.3 Å². The van der Waals surface area contributed by atoms with Crippen molar-refractivity contribution in [3.05, 3.63) is 0 Å². The summed E-state index contributed by atoms with van der Waals surface area (Å²) in [7, 11) is 3.83. The minimum Gasteiger partial charge on any atom is -0.465 e. The predicted molar refractivity (Wildman–Crippen MR) is 266 cm³/mol. The minimum atomic E-state index is -0.489. The highest BCUT2D eigenvalue weighted by molar-refractivity contribution is 5.73. The van der Waals surface area contributed by atoms with Crippen molar-refractivity contribution in [1.82, 2.24) is 4.90 Å². The Labute approximate surface area is 395 Å². The fourth-order valence-electron chi connectivity index (χ4n) is 8.51. The lowest BCUT2D eigenvalue weighted by atomic mass is 9.94. The van der Waals surface area contributed by atoms with E-state index in [1.54, 1.807) is 0 Å². The third kappa shape index (κ3) is 41.3. The number of ether oxygens (including phenoxy) is 4. The van der Waals surface area contributed by atoms with Gasteiger partial charge < -0.3 is 23.8 Å². The highest BCUT2D eigenvalue weighted by Crippen LogP contribution is 2.23. The molecule has 0 aromatic rings. The van der Waals surface area contributed by atoms with E-state index in [2.05, 4.69) is 27.7 Å². The predicted octanol–water partition coefficient (Wildman–Crippen LogP) is 15.2. The van der Waals surface area contributed by atoms with Gasteiger partial charge in [-0.05, 0) is 65.5 Å². The summed E-state index contributed by atoms with van der Waals surface area (Å²) < 4.78 is 22.8. The maximum absolute atomic E-state index is 12.9. The van der Waals surface area contributed by atoms with E-state index >= 15 is 0 Å². The van der Waals surface area contributed by atoms with Crippen molar-refractivity contribution >= 4 is 23.9 Å². The van der Waals surface area contributed by atoms with Crippen molar-refractivity contribution in [2.75, 3.05) is 40.5 Å². The van der Waals surface area contributed by atoms with Crippen molar-refractivity contribution in [2.24, 2.45) is 11.8 Å². The number of rotatable bonds is 49. The number of hydrogen-bond donors (Lipinski definition) is 0. The molecule has 0 aliphatic carbocycles. The summed E-state index contributed by atoms with van der Waals surface area (Å²) in [6, 6.07) is 0. The van der Waals surface area contributed by atoms with Gasteiger partial charge in [-0.25, -0.2) is 0 Å². The molecule has 0 fully saturated rings. The number of carbonyl (C=O) groups is 4. The van der Waals surface area contributed by atoms with E-state index in [1.807, 2.05) is 19.0 Å². The Balaban J connectivity index is 4.19. The van der Waals surface area contributed by atoms with Gasteiger partial charge in [-0.3, -0.25) is 19.2 Å². The Morgan fingerprint density at radius 3 is 1.06 bits per heavy atom. The molecule has 378 valence electrons. The van der Waals surface area contributed by atoms with Gasteiger partial charge in [0.05, 0.1) is 25.0 Å². The fraction of sp³-hybridized carbons (Fsp3) is 0.927. The van der Waals surface area contributed by atoms with Crippen LogP contribution in [-0.2, 0) is 38.1 Å². The largest absolute Gasteiger partial charge is 0.465 e. The van der Waals surface area contributed by atoms with Gasteiger partial charge in [-0.2, -0.15) is 0 Å².